The highest BCUT2D eigenvalue weighted by molar-refractivity contribution is 5.98. The highest BCUT2D eigenvalue weighted by atomic mass is 16.4. The van der Waals surface area contributed by atoms with Gasteiger partial charge in [0.1, 0.15) is 48.3 Å². The summed E-state index contributed by atoms with van der Waals surface area (Å²) in [7, 11) is 0. The minimum absolute atomic E-state index is 0.631. The van der Waals surface area contributed by atoms with Crippen LogP contribution in [-0.4, -0.2) is 228 Å². The average molecular weight is 1140 g/mol. The first-order valence-electron chi connectivity index (χ1n) is 23.3. The van der Waals surface area contributed by atoms with Crippen LogP contribution >= 0.6 is 0 Å². The number of hydrogen-bond acceptors (Lipinski definition) is 20. The normalized spacial score (nSPS) is 13.7. The largest absolute Gasteiger partial charge is 0.481 e. The lowest BCUT2D eigenvalue weighted by Crippen LogP contribution is -2.58. The van der Waals surface area contributed by atoms with Crippen LogP contribution in [0.4, 0.5) is 0 Å². The molecule has 0 fully saturated rings. The van der Waals surface area contributed by atoms with Crippen molar-refractivity contribution in [2.75, 3.05) is 32.8 Å². The van der Waals surface area contributed by atoms with Gasteiger partial charge in [0.15, 0.2) is 0 Å². The van der Waals surface area contributed by atoms with Gasteiger partial charge in [-0.3, -0.25) is 76.7 Å². The molecule has 0 spiro atoms. The number of carboxylic acid groups (broad SMARTS) is 7. The fourth-order valence-electron chi connectivity index (χ4n) is 6.19. The fourth-order valence-corrected chi connectivity index (χ4v) is 6.19. The molecule has 442 valence electrons. The quantitative estimate of drug-likeness (QED) is 0.0270. The lowest BCUT2D eigenvalue weighted by molar-refractivity contribution is -0.144. The summed E-state index contributed by atoms with van der Waals surface area (Å²) in [5, 5.41) is 104. The lowest BCUT2D eigenvalue weighted by Gasteiger charge is -2.25. The van der Waals surface area contributed by atoms with Gasteiger partial charge in [-0.15, -0.1) is 0 Å². The molecule has 0 aliphatic carbocycles. The number of hydrogen-bond donors (Lipinski definition) is 20. The number of nitrogens with two attached hydrogens (primary N) is 1. The molecule has 0 aromatic heterocycles. The summed E-state index contributed by atoms with van der Waals surface area (Å²) in [5.74, 6) is -23.0. The first-order chi connectivity index (χ1) is 36.9. The molecule has 0 heterocycles. The fraction of sp³-hybridized carbons (Fsp3) is 0.595. The topological polar surface area (TPSA) is 619 Å². The first-order valence-corrected chi connectivity index (χ1v) is 23.3. The van der Waals surface area contributed by atoms with E-state index in [2.05, 4.69) is 26.6 Å². The van der Waals surface area contributed by atoms with E-state index >= 15 is 0 Å². The van der Waals surface area contributed by atoms with Crippen molar-refractivity contribution in [2.24, 2.45) is 5.73 Å². The van der Waals surface area contributed by atoms with Crippen LogP contribution in [0.25, 0.3) is 0 Å². The predicted octanol–water partition coefficient (Wildman–Crippen LogP) is -9.69. The number of amides is 10. The van der Waals surface area contributed by atoms with Gasteiger partial charge < -0.3 is 105 Å². The number of aliphatic hydroxyl groups is 2. The highest BCUT2D eigenvalue weighted by Gasteiger charge is 2.33. The minimum Gasteiger partial charge on any atom is -0.481 e. The van der Waals surface area contributed by atoms with Gasteiger partial charge in [0, 0.05) is 38.5 Å². The number of carbonyl (C=O) groups is 17. The van der Waals surface area contributed by atoms with Crippen LogP contribution in [0.3, 0.4) is 0 Å². The summed E-state index contributed by atoms with van der Waals surface area (Å²) in [6, 6.07) is -14.4. The van der Waals surface area contributed by atoms with Crippen LogP contribution in [0.1, 0.15) is 77.0 Å². The smallest absolute Gasteiger partial charge is 0.326 e. The third kappa shape index (κ3) is 30.9. The lowest BCUT2D eigenvalue weighted by atomic mass is 10.1. The molecule has 37 nitrogen and oxygen atoms in total. The molecule has 0 saturated heterocycles. The maximum atomic E-state index is 13.5. The maximum Gasteiger partial charge on any atom is 0.326 e. The van der Waals surface area contributed by atoms with Gasteiger partial charge in [0.25, 0.3) is 0 Å². The summed E-state index contributed by atoms with van der Waals surface area (Å²) >= 11 is 0. The van der Waals surface area contributed by atoms with E-state index in [1.807, 2.05) is 26.6 Å². The number of carboxylic acids is 7. The molecule has 79 heavy (non-hydrogen) atoms. The summed E-state index contributed by atoms with van der Waals surface area (Å²) in [5.41, 5.74) is 5.35. The number of rotatable bonds is 41. The monoisotopic (exact) mass is 1140 g/mol. The number of aliphatic carboxylic acids is 7. The van der Waals surface area contributed by atoms with Crippen LogP contribution < -0.4 is 58.9 Å². The minimum atomic E-state index is -1.91. The van der Waals surface area contributed by atoms with Crippen molar-refractivity contribution >= 4 is 101 Å². The third-order valence-corrected chi connectivity index (χ3v) is 10.3. The van der Waals surface area contributed by atoms with Crippen molar-refractivity contribution in [1.82, 2.24) is 53.2 Å². The third-order valence-electron chi connectivity index (χ3n) is 10.3. The van der Waals surface area contributed by atoms with E-state index in [1.165, 1.54) is 0 Å². The molecule has 8 atom stereocenters. The summed E-state index contributed by atoms with van der Waals surface area (Å²) < 4.78 is 0. The van der Waals surface area contributed by atoms with E-state index < -0.39 is 259 Å². The Morgan fingerprint density at radius 3 is 0.785 bits per heavy atom. The Hall–Kier alpha value is -9.13. The molecule has 21 N–H and O–H groups in total. The zero-order valence-electron chi connectivity index (χ0n) is 41.7. The zero-order valence-corrected chi connectivity index (χ0v) is 41.7. The van der Waals surface area contributed by atoms with E-state index in [1.54, 1.807) is 0 Å². The molecule has 0 saturated carbocycles. The van der Waals surface area contributed by atoms with Gasteiger partial charge in [0.2, 0.25) is 59.1 Å². The molecular formula is C42H63N11O26. The van der Waals surface area contributed by atoms with Crippen LogP contribution in [0.2, 0.25) is 0 Å². The predicted molar refractivity (Wildman–Crippen MR) is 254 cm³/mol. The Labute approximate surface area is 444 Å². The second-order valence-corrected chi connectivity index (χ2v) is 16.7. The molecule has 37 heteroatoms. The Balaban J connectivity index is 6.05. The second kappa shape index (κ2) is 36.8. The molecular weight excluding hydrogens is 1070 g/mol. The Kier molecular flexibility index (Phi) is 32.5. The maximum absolute atomic E-state index is 13.5. The second-order valence-electron chi connectivity index (χ2n) is 16.7. The Bertz CT molecular complexity index is 2260. The van der Waals surface area contributed by atoms with E-state index in [9.17, 15) is 112 Å². The molecule has 0 unspecified atom stereocenters. The molecule has 0 aliphatic heterocycles. The average Bonchev–Trinajstić information content (AvgIpc) is 3.37. The van der Waals surface area contributed by atoms with Crippen LogP contribution in [0, 0.1) is 0 Å². The first kappa shape index (κ1) is 69.9. The summed E-state index contributed by atoms with van der Waals surface area (Å²) in [4.78, 5) is 209. The van der Waals surface area contributed by atoms with E-state index in [-0.39, 0.29) is 0 Å². The highest BCUT2D eigenvalue weighted by Crippen LogP contribution is 2.08. The van der Waals surface area contributed by atoms with E-state index in [4.69, 9.17) is 21.1 Å². The van der Waals surface area contributed by atoms with Crippen LogP contribution in [0.15, 0.2) is 0 Å². The van der Waals surface area contributed by atoms with Crippen molar-refractivity contribution in [1.29, 1.82) is 0 Å². The van der Waals surface area contributed by atoms with E-state index in [0.29, 0.717) is 0 Å². The van der Waals surface area contributed by atoms with Crippen molar-refractivity contribution in [3.63, 3.8) is 0 Å². The molecule has 0 aliphatic rings. The van der Waals surface area contributed by atoms with Crippen molar-refractivity contribution in [3.05, 3.63) is 0 Å². The summed E-state index contributed by atoms with van der Waals surface area (Å²) in [6.45, 7) is -4.97. The SMILES string of the molecule is N[C@@H](CO)C(=O)NCC(=O)N[C@@H](CCC(=O)O)C(=O)N[C@@H](CCC(=O)O)C(=O)N[C@@H](CCC(=O)O)C(=O)NCC(=O)N[C@@H](CO)C(=O)NCC(=O)N[C@@H](CCC(=O)O)C(=O)N[C@@H](CCC(=O)O)C(=O)N[C@@H](CCC(=O)O)C(=O)O. The number of nitrogens with one attached hydrogen (secondary N) is 10. The molecule has 0 radical (unpaired) electrons. The van der Waals surface area contributed by atoms with Crippen molar-refractivity contribution < 1.29 is 127 Å². The van der Waals surface area contributed by atoms with Gasteiger partial charge in [-0.1, -0.05) is 0 Å². The van der Waals surface area contributed by atoms with E-state index in [0.717, 1.165) is 0 Å². The van der Waals surface area contributed by atoms with Gasteiger partial charge in [-0.05, 0) is 38.5 Å². The van der Waals surface area contributed by atoms with Gasteiger partial charge >= 0.3 is 41.8 Å². The van der Waals surface area contributed by atoms with Gasteiger partial charge in [-0.2, -0.15) is 0 Å². The Morgan fingerprint density at radius 2 is 0.519 bits per heavy atom. The molecule has 10 amide bonds. The van der Waals surface area contributed by atoms with Crippen LogP contribution in [-0.2, 0) is 81.5 Å². The zero-order chi connectivity index (χ0) is 60.5. The van der Waals surface area contributed by atoms with Gasteiger partial charge in [-0.25, -0.2) is 4.79 Å². The molecule has 0 aromatic rings. The molecule has 0 aromatic carbocycles. The summed E-state index contributed by atoms with van der Waals surface area (Å²) in [6.07, 6.45) is -8.84. The number of aliphatic hydroxyl groups excluding tert-OH is 2. The van der Waals surface area contributed by atoms with Gasteiger partial charge in [0.05, 0.1) is 32.8 Å². The molecule has 0 bridgehead atoms. The standard InChI is InChI=1S/C42H63N11O26/c43-18(16-54)35(71)44-13-26(56)47-20(2-8-30(61)62)38(74)51-22(4-10-32(65)66)40(76)50-19(1-7-29(59)60)36(72)45-15-28(58)49-25(17-55)37(73)46-14-27(57)48-21(3-9-31(63)64)39(75)52-23(5-11-33(67)68)41(77)53-24(42(78)79)6-12-34(69)70/h18-25,54-55H,1-17,43H2,(H,44,71)(H,45,72)(H,46,73)(H,47,56)(H,48,57)(H,49,58)(H,50,76)(H,51,74)(H,52,75)(H,53,77)(H,59,60)(H,61,62)(H,63,64)(H,65,66)(H,67,68)(H,69,70)(H,78,79)/t18-,19-,20-,21-,22-,23-,24-,25-/m0/s1. The number of carbonyl (C=O) groups excluding carboxylic acids is 10. The van der Waals surface area contributed by atoms with Crippen LogP contribution in [0.5, 0.6) is 0 Å². The Morgan fingerprint density at radius 1 is 0.291 bits per heavy atom. The van der Waals surface area contributed by atoms with Crippen molar-refractivity contribution in [3.8, 4) is 0 Å². The molecule has 0 rings (SSSR count). The van der Waals surface area contributed by atoms with Crippen molar-refractivity contribution in [2.45, 2.75) is 125 Å².